The van der Waals surface area contributed by atoms with Crippen LogP contribution in [0.1, 0.15) is 12.5 Å². The van der Waals surface area contributed by atoms with Crippen molar-refractivity contribution in [2.24, 2.45) is 10.2 Å². The molecular formula is C17H16N2O3. The number of carbonyl (C=O) groups excluding carboxylic acids is 1. The minimum absolute atomic E-state index is 0.0815. The fourth-order valence-electron chi connectivity index (χ4n) is 1.77. The molecule has 0 spiro atoms. The van der Waals surface area contributed by atoms with Crippen LogP contribution in [-0.2, 0) is 4.79 Å². The van der Waals surface area contributed by atoms with Crippen molar-refractivity contribution < 1.29 is 14.6 Å². The summed E-state index contributed by atoms with van der Waals surface area (Å²) in [5, 5.41) is 18.1. The Balaban J connectivity index is 2.32. The molecule has 2 aromatic rings. The summed E-state index contributed by atoms with van der Waals surface area (Å²) in [6.07, 6.45) is 0. The van der Waals surface area contributed by atoms with Crippen molar-refractivity contribution >= 4 is 17.2 Å². The number of ketones is 1. The average Bonchev–Trinajstić information content (AvgIpc) is 2.56. The molecule has 0 bridgehead atoms. The van der Waals surface area contributed by atoms with E-state index in [-0.39, 0.29) is 17.2 Å². The van der Waals surface area contributed by atoms with Gasteiger partial charge in [0, 0.05) is 12.5 Å². The Morgan fingerprint density at radius 1 is 1.05 bits per heavy atom. The van der Waals surface area contributed by atoms with Gasteiger partial charge in [-0.05, 0) is 24.3 Å². The summed E-state index contributed by atoms with van der Waals surface area (Å²) in [4.78, 5) is 11.7. The second kappa shape index (κ2) is 7.17. The number of aliphatic hydroxyl groups is 1. The van der Waals surface area contributed by atoms with Gasteiger partial charge in [-0.2, -0.15) is 5.11 Å². The second-order valence-corrected chi connectivity index (χ2v) is 4.52. The van der Waals surface area contributed by atoms with Crippen LogP contribution in [0.15, 0.2) is 70.5 Å². The number of aliphatic hydroxyl groups excluding tert-OH is 1. The van der Waals surface area contributed by atoms with E-state index in [2.05, 4.69) is 10.2 Å². The van der Waals surface area contributed by atoms with Crippen LogP contribution in [0.25, 0.3) is 5.76 Å². The molecule has 0 aliphatic carbocycles. The first kappa shape index (κ1) is 15.4. The number of Topliss-reactive ketones (excluding diaryl/α,β-unsaturated/α-hetero) is 1. The topological polar surface area (TPSA) is 71.2 Å². The normalized spacial score (nSPS) is 12.1. The molecule has 0 fully saturated rings. The predicted molar refractivity (Wildman–Crippen MR) is 84.2 cm³/mol. The van der Waals surface area contributed by atoms with Gasteiger partial charge in [0.25, 0.3) is 0 Å². The largest absolute Gasteiger partial charge is 0.505 e. The molecular weight excluding hydrogens is 280 g/mol. The molecule has 22 heavy (non-hydrogen) atoms. The van der Waals surface area contributed by atoms with Gasteiger partial charge in [0.1, 0.15) is 5.75 Å². The van der Waals surface area contributed by atoms with Gasteiger partial charge in [0.15, 0.2) is 17.2 Å². The van der Waals surface area contributed by atoms with Crippen LogP contribution in [0.2, 0.25) is 0 Å². The monoisotopic (exact) mass is 296 g/mol. The van der Waals surface area contributed by atoms with E-state index < -0.39 is 0 Å². The Morgan fingerprint density at radius 2 is 1.68 bits per heavy atom. The van der Waals surface area contributed by atoms with Gasteiger partial charge in [0.05, 0.1) is 12.8 Å². The zero-order chi connectivity index (χ0) is 15.9. The highest BCUT2D eigenvalue weighted by molar-refractivity contribution is 5.99. The Labute approximate surface area is 128 Å². The van der Waals surface area contributed by atoms with Gasteiger partial charge >= 0.3 is 0 Å². The van der Waals surface area contributed by atoms with E-state index >= 15 is 0 Å². The Hall–Kier alpha value is -2.95. The third-order valence-electron chi connectivity index (χ3n) is 2.94. The first-order chi connectivity index (χ1) is 10.6. The number of carbonyl (C=O) groups is 1. The minimum Gasteiger partial charge on any atom is -0.505 e. The third-order valence-corrected chi connectivity index (χ3v) is 2.94. The number of azo groups is 1. The number of methoxy groups -OCH3 is 1. The third kappa shape index (κ3) is 3.79. The van der Waals surface area contributed by atoms with Crippen molar-refractivity contribution in [1.29, 1.82) is 0 Å². The summed E-state index contributed by atoms with van der Waals surface area (Å²) in [6, 6.07) is 15.6. The van der Waals surface area contributed by atoms with Crippen LogP contribution in [0, 0.1) is 0 Å². The second-order valence-electron chi connectivity index (χ2n) is 4.52. The number of hydrogen-bond donors (Lipinski definition) is 1. The van der Waals surface area contributed by atoms with Crippen molar-refractivity contribution in [1.82, 2.24) is 0 Å². The molecule has 5 heteroatoms. The van der Waals surface area contributed by atoms with Gasteiger partial charge in [-0.3, -0.25) is 4.79 Å². The highest BCUT2D eigenvalue weighted by atomic mass is 16.5. The lowest BCUT2D eigenvalue weighted by Crippen LogP contribution is -1.98. The first-order valence-electron chi connectivity index (χ1n) is 6.67. The first-order valence-corrected chi connectivity index (χ1v) is 6.67. The van der Waals surface area contributed by atoms with Gasteiger partial charge in [-0.1, -0.05) is 30.3 Å². The van der Waals surface area contributed by atoms with Crippen LogP contribution < -0.4 is 4.74 Å². The maximum atomic E-state index is 11.7. The van der Waals surface area contributed by atoms with Crippen LogP contribution >= 0.6 is 0 Å². The van der Waals surface area contributed by atoms with E-state index in [0.717, 1.165) is 0 Å². The molecule has 0 amide bonds. The molecule has 0 saturated heterocycles. The van der Waals surface area contributed by atoms with E-state index in [4.69, 9.17) is 4.74 Å². The van der Waals surface area contributed by atoms with Gasteiger partial charge in [-0.25, -0.2) is 0 Å². The maximum Gasteiger partial charge on any atom is 0.183 e. The predicted octanol–water partition coefficient (Wildman–Crippen LogP) is 4.29. The fraction of sp³-hybridized carbons (Fsp3) is 0.118. The minimum atomic E-state index is -0.362. The summed E-state index contributed by atoms with van der Waals surface area (Å²) in [5.74, 6) is 0.150. The van der Waals surface area contributed by atoms with Crippen LogP contribution in [0.5, 0.6) is 5.75 Å². The lowest BCUT2D eigenvalue weighted by Gasteiger charge is -2.03. The SMILES string of the molecule is COc1ccc(N=NC(C(C)=O)=C(O)c2ccccc2)cc1. The zero-order valence-corrected chi connectivity index (χ0v) is 12.4. The molecule has 0 saturated carbocycles. The molecule has 112 valence electrons. The van der Waals surface area contributed by atoms with Crippen molar-refractivity contribution in [3.63, 3.8) is 0 Å². The summed E-state index contributed by atoms with van der Waals surface area (Å²) < 4.78 is 5.05. The molecule has 2 aromatic carbocycles. The molecule has 0 unspecified atom stereocenters. The van der Waals surface area contributed by atoms with Crippen molar-refractivity contribution in [2.45, 2.75) is 6.92 Å². The Kier molecular flexibility index (Phi) is 5.03. The molecule has 0 aliphatic heterocycles. The standard InChI is InChI=1S/C17H16N2O3/c1-12(20)16(17(21)13-6-4-3-5-7-13)19-18-14-8-10-15(22-2)11-9-14/h3-11,21H,1-2H3. The maximum absolute atomic E-state index is 11.7. The number of nitrogens with zero attached hydrogens (tertiary/aromatic N) is 2. The molecule has 2 rings (SSSR count). The molecule has 0 aromatic heterocycles. The van der Waals surface area contributed by atoms with Crippen LogP contribution in [0.3, 0.4) is 0 Å². The number of allylic oxidation sites excluding steroid dienone is 1. The van der Waals surface area contributed by atoms with Crippen molar-refractivity contribution in [2.75, 3.05) is 7.11 Å². The molecule has 5 nitrogen and oxygen atoms in total. The van der Waals surface area contributed by atoms with E-state index in [0.29, 0.717) is 17.0 Å². The molecule has 0 aliphatic rings. The lowest BCUT2D eigenvalue weighted by molar-refractivity contribution is -0.113. The smallest absolute Gasteiger partial charge is 0.183 e. The van der Waals surface area contributed by atoms with Gasteiger partial charge in [-0.15, -0.1) is 5.11 Å². The van der Waals surface area contributed by atoms with E-state index in [1.54, 1.807) is 55.6 Å². The molecule has 1 N–H and O–H groups in total. The summed E-state index contributed by atoms with van der Waals surface area (Å²) in [6.45, 7) is 1.33. The van der Waals surface area contributed by atoms with Gasteiger partial charge < -0.3 is 9.84 Å². The zero-order valence-electron chi connectivity index (χ0n) is 12.4. The summed E-state index contributed by atoms with van der Waals surface area (Å²) in [5.41, 5.74) is 0.990. The van der Waals surface area contributed by atoms with Crippen LogP contribution in [0.4, 0.5) is 5.69 Å². The van der Waals surface area contributed by atoms with Crippen molar-refractivity contribution in [3.05, 3.63) is 65.9 Å². The summed E-state index contributed by atoms with van der Waals surface area (Å²) in [7, 11) is 1.57. The van der Waals surface area contributed by atoms with E-state index in [1.165, 1.54) is 6.92 Å². The van der Waals surface area contributed by atoms with Crippen LogP contribution in [-0.4, -0.2) is 18.0 Å². The van der Waals surface area contributed by atoms with Crippen molar-refractivity contribution in [3.8, 4) is 5.75 Å². The number of ether oxygens (including phenoxy) is 1. The fourth-order valence-corrected chi connectivity index (χ4v) is 1.77. The number of rotatable bonds is 5. The Bertz CT molecular complexity index is 704. The molecule has 0 heterocycles. The lowest BCUT2D eigenvalue weighted by atomic mass is 10.1. The van der Waals surface area contributed by atoms with E-state index in [1.807, 2.05) is 6.07 Å². The van der Waals surface area contributed by atoms with E-state index in [9.17, 15) is 9.90 Å². The summed E-state index contributed by atoms with van der Waals surface area (Å²) >= 11 is 0. The van der Waals surface area contributed by atoms with Gasteiger partial charge in [0.2, 0.25) is 0 Å². The molecule has 0 radical (unpaired) electrons. The highest BCUT2D eigenvalue weighted by Gasteiger charge is 2.12. The molecule has 0 atom stereocenters. The number of hydrogen-bond acceptors (Lipinski definition) is 5. The quantitative estimate of drug-likeness (QED) is 0.508. The average molecular weight is 296 g/mol. The highest BCUT2D eigenvalue weighted by Crippen LogP contribution is 2.22. The Morgan fingerprint density at radius 3 is 2.23 bits per heavy atom. The number of benzene rings is 2.